The second kappa shape index (κ2) is 8.73. The molecule has 4 heterocycles. The summed E-state index contributed by atoms with van der Waals surface area (Å²) in [7, 11) is 0. The number of hydrogen-bond acceptors (Lipinski definition) is 6. The van der Waals surface area contributed by atoms with Gasteiger partial charge in [-0.15, -0.1) is 0 Å². The summed E-state index contributed by atoms with van der Waals surface area (Å²) < 4.78 is 5.71. The number of carbonyl (C=O) groups is 1. The number of nitriles is 1. The number of morpholine rings is 1. The predicted octanol–water partition coefficient (Wildman–Crippen LogP) is 3.76. The Balaban J connectivity index is 1.45. The molecule has 2 fully saturated rings. The molecule has 0 aromatic carbocycles. The van der Waals surface area contributed by atoms with E-state index < -0.39 is 0 Å². The first kappa shape index (κ1) is 21.8. The van der Waals surface area contributed by atoms with E-state index in [1.807, 2.05) is 18.2 Å². The maximum atomic E-state index is 12.8. The van der Waals surface area contributed by atoms with Crippen LogP contribution in [0.2, 0.25) is 0 Å². The number of ether oxygens (including phenoxy) is 1. The summed E-state index contributed by atoms with van der Waals surface area (Å²) >= 11 is 0. The predicted molar refractivity (Wildman–Crippen MR) is 125 cm³/mol. The molecule has 2 saturated heterocycles. The van der Waals surface area contributed by atoms with Crippen LogP contribution < -0.4 is 10.6 Å². The van der Waals surface area contributed by atoms with Gasteiger partial charge >= 0.3 is 0 Å². The Morgan fingerprint density at radius 3 is 2.73 bits per heavy atom. The Morgan fingerprint density at radius 1 is 1.27 bits per heavy atom. The van der Waals surface area contributed by atoms with Gasteiger partial charge in [0.2, 0.25) is 0 Å². The van der Waals surface area contributed by atoms with E-state index in [9.17, 15) is 4.79 Å². The van der Waals surface area contributed by atoms with Gasteiger partial charge in [-0.1, -0.05) is 19.9 Å². The number of aromatic amines is 1. The highest BCUT2D eigenvalue weighted by Crippen LogP contribution is 2.40. The van der Waals surface area contributed by atoms with Crippen molar-refractivity contribution in [2.45, 2.75) is 64.0 Å². The highest BCUT2D eigenvalue weighted by Gasteiger charge is 2.34. The number of aromatic nitrogens is 3. The Morgan fingerprint density at radius 2 is 2.06 bits per heavy atom. The van der Waals surface area contributed by atoms with Crippen molar-refractivity contribution in [2.75, 3.05) is 18.5 Å². The quantitative estimate of drug-likeness (QED) is 0.659. The van der Waals surface area contributed by atoms with E-state index in [0.717, 1.165) is 56.7 Å². The summed E-state index contributed by atoms with van der Waals surface area (Å²) in [6.45, 7) is 6.07. The van der Waals surface area contributed by atoms with Crippen LogP contribution in [0.15, 0.2) is 24.4 Å². The Hall–Kier alpha value is -3.02. The van der Waals surface area contributed by atoms with Gasteiger partial charge in [-0.2, -0.15) is 5.26 Å². The van der Waals surface area contributed by atoms with Crippen molar-refractivity contribution in [3.63, 3.8) is 0 Å². The molecule has 0 saturated carbocycles. The fourth-order valence-corrected chi connectivity index (χ4v) is 5.09. The second-order valence-corrected chi connectivity index (χ2v) is 10.2. The van der Waals surface area contributed by atoms with Crippen LogP contribution in [-0.4, -0.2) is 46.2 Å². The van der Waals surface area contributed by atoms with E-state index in [2.05, 4.69) is 40.5 Å². The van der Waals surface area contributed by atoms with Gasteiger partial charge in [0.25, 0.3) is 5.91 Å². The van der Waals surface area contributed by atoms with E-state index in [0.29, 0.717) is 23.7 Å². The zero-order chi connectivity index (χ0) is 23.0. The molecular formula is C25H30N6O2. The number of fused-ring (bicyclic) bond motifs is 2. The third-order valence-electron chi connectivity index (χ3n) is 7.02. The minimum atomic E-state index is -0.377. The van der Waals surface area contributed by atoms with Gasteiger partial charge in [0.05, 0.1) is 30.8 Å². The van der Waals surface area contributed by atoms with Crippen molar-refractivity contribution in [3.8, 4) is 6.07 Å². The number of anilines is 1. The number of hydrogen-bond donors (Lipinski definition) is 3. The Bertz CT molecular complexity index is 1120. The Labute approximate surface area is 193 Å². The monoisotopic (exact) mass is 446 g/mol. The van der Waals surface area contributed by atoms with Gasteiger partial charge in [-0.3, -0.25) is 9.78 Å². The number of allylic oxidation sites excluding steroid dienone is 2. The molecular weight excluding hydrogens is 416 g/mol. The normalized spacial score (nSPS) is 26.2. The third-order valence-corrected chi connectivity index (χ3v) is 7.02. The molecule has 172 valence electrons. The van der Waals surface area contributed by atoms with Crippen LogP contribution in [0.1, 0.15) is 79.6 Å². The summed E-state index contributed by atoms with van der Waals surface area (Å²) in [5.41, 5.74) is 4.33. The minimum Gasteiger partial charge on any atom is -0.378 e. The minimum absolute atomic E-state index is 0.117. The summed E-state index contributed by atoms with van der Waals surface area (Å²) in [6, 6.07) is 6.72. The van der Waals surface area contributed by atoms with Crippen LogP contribution in [0.4, 0.5) is 5.69 Å². The molecule has 2 atom stereocenters. The smallest absolute Gasteiger partial charge is 0.291 e. The lowest BCUT2D eigenvalue weighted by molar-refractivity contribution is 0.0176. The number of nitrogens with zero attached hydrogens (tertiary/aromatic N) is 3. The van der Waals surface area contributed by atoms with Crippen molar-refractivity contribution in [1.29, 1.82) is 5.26 Å². The van der Waals surface area contributed by atoms with E-state index in [4.69, 9.17) is 15.0 Å². The maximum absolute atomic E-state index is 12.8. The van der Waals surface area contributed by atoms with Crippen molar-refractivity contribution in [1.82, 2.24) is 20.3 Å². The molecule has 33 heavy (non-hydrogen) atoms. The molecule has 2 bridgehead atoms. The molecule has 8 heteroatoms. The summed E-state index contributed by atoms with van der Waals surface area (Å²) in [6.07, 6.45) is 8.64. The first-order valence-electron chi connectivity index (χ1n) is 11.7. The van der Waals surface area contributed by atoms with Gasteiger partial charge in [-0.25, -0.2) is 4.98 Å². The third kappa shape index (κ3) is 4.70. The number of H-pyrrole nitrogens is 1. The molecule has 0 spiro atoms. The molecule has 5 rings (SSSR count). The lowest BCUT2D eigenvalue weighted by Crippen LogP contribution is -2.53. The highest BCUT2D eigenvalue weighted by molar-refractivity contribution is 6.03. The van der Waals surface area contributed by atoms with Gasteiger partial charge in [0, 0.05) is 23.7 Å². The molecule has 1 aliphatic carbocycles. The van der Waals surface area contributed by atoms with E-state index in [1.54, 1.807) is 0 Å². The standard InChI is InChI=1S/C25H30N6O2/c1-25(2)7-5-15(6-8-25)22-21(31-24(32)23-27-12-19(11-26)29-23)4-3-20(30-22)16-9-17-13-33-14-18(10-16)28-17/h3-5,12,16-18,28H,6-10,13-14H2,1-2H3,(H,27,29)(H,31,32). The van der Waals surface area contributed by atoms with Gasteiger partial charge in [-0.05, 0) is 55.2 Å². The number of amides is 1. The SMILES string of the molecule is CC1(C)CC=C(c2nc(C3CC4COCC(C3)N4)ccc2NC(=O)c2ncc(C#N)[nH]2)CC1. The van der Waals surface area contributed by atoms with E-state index in [1.165, 1.54) is 11.8 Å². The molecule has 2 unspecified atom stereocenters. The average molecular weight is 447 g/mol. The molecule has 8 nitrogen and oxygen atoms in total. The molecule has 2 aromatic rings. The first-order chi connectivity index (χ1) is 15.9. The van der Waals surface area contributed by atoms with Crippen LogP contribution in [0.5, 0.6) is 0 Å². The highest BCUT2D eigenvalue weighted by atomic mass is 16.5. The van der Waals surface area contributed by atoms with Crippen molar-refractivity contribution >= 4 is 17.2 Å². The summed E-state index contributed by atoms with van der Waals surface area (Å²) in [5.74, 6) is 0.113. The maximum Gasteiger partial charge on any atom is 0.291 e. The van der Waals surface area contributed by atoms with Crippen LogP contribution in [0.25, 0.3) is 5.57 Å². The summed E-state index contributed by atoms with van der Waals surface area (Å²) in [5, 5.41) is 15.6. The fourth-order valence-electron chi connectivity index (χ4n) is 5.09. The van der Waals surface area contributed by atoms with Crippen LogP contribution in [0, 0.1) is 16.7 Å². The van der Waals surface area contributed by atoms with Crippen molar-refractivity contribution < 1.29 is 9.53 Å². The molecule has 3 aliphatic rings. The second-order valence-electron chi connectivity index (χ2n) is 10.2. The van der Waals surface area contributed by atoms with Crippen molar-refractivity contribution in [2.24, 2.45) is 5.41 Å². The van der Waals surface area contributed by atoms with Gasteiger partial charge in [0.15, 0.2) is 5.82 Å². The zero-order valence-electron chi connectivity index (χ0n) is 19.1. The van der Waals surface area contributed by atoms with Gasteiger partial charge in [0.1, 0.15) is 11.8 Å². The lowest BCUT2D eigenvalue weighted by atomic mass is 9.77. The topological polar surface area (TPSA) is 116 Å². The molecule has 1 amide bonds. The number of nitrogens with one attached hydrogen (secondary N) is 3. The van der Waals surface area contributed by atoms with Crippen LogP contribution in [-0.2, 0) is 4.74 Å². The Kier molecular flexibility index (Phi) is 5.77. The molecule has 2 aromatic heterocycles. The number of imidazole rings is 1. The zero-order valence-corrected chi connectivity index (χ0v) is 19.1. The first-order valence-corrected chi connectivity index (χ1v) is 11.7. The lowest BCUT2D eigenvalue weighted by Gasteiger charge is -2.40. The average Bonchev–Trinajstić information content (AvgIpc) is 3.29. The largest absolute Gasteiger partial charge is 0.378 e. The van der Waals surface area contributed by atoms with Crippen LogP contribution >= 0.6 is 0 Å². The van der Waals surface area contributed by atoms with E-state index >= 15 is 0 Å². The molecule has 3 N–H and O–H groups in total. The fraction of sp³-hybridized carbons (Fsp3) is 0.520. The molecule has 0 radical (unpaired) electrons. The van der Waals surface area contributed by atoms with Crippen molar-refractivity contribution in [3.05, 3.63) is 47.3 Å². The summed E-state index contributed by atoms with van der Waals surface area (Å²) in [4.78, 5) is 24.7. The number of rotatable bonds is 4. The molecule has 2 aliphatic heterocycles. The number of carbonyl (C=O) groups excluding carboxylic acids is 1. The van der Waals surface area contributed by atoms with Gasteiger partial charge < -0.3 is 20.4 Å². The number of pyridine rings is 1. The van der Waals surface area contributed by atoms with E-state index in [-0.39, 0.29) is 22.8 Å². The number of piperidine rings is 1. The van der Waals surface area contributed by atoms with Crippen LogP contribution in [0.3, 0.4) is 0 Å².